The number of benzene rings is 4. The lowest BCUT2D eigenvalue weighted by Crippen LogP contribution is -2.18. The molecule has 1 heterocycles. The van der Waals surface area contributed by atoms with E-state index in [1.807, 2.05) is 18.2 Å². The summed E-state index contributed by atoms with van der Waals surface area (Å²) in [5.41, 5.74) is 15.5. The van der Waals surface area contributed by atoms with Gasteiger partial charge in [-0.15, -0.1) is 6.42 Å². The molecule has 2 nitrogen and oxygen atoms in total. The van der Waals surface area contributed by atoms with E-state index in [0.29, 0.717) is 6.54 Å². The van der Waals surface area contributed by atoms with Crippen molar-refractivity contribution in [3.05, 3.63) is 198 Å². The minimum atomic E-state index is 0.703. The van der Waals surface area contributed by atoms with Crippen LogP contribution in [-0.4, -0.2) is 11.1 Å². The Balaban J connectivity index is 1.24. The lowest BCUT2D eigenvalue weighted by atomic mass is 9.98. The van der Waals surface area contributed by atoms with Crippen LogP contribution in [0, 0.1) is 26.2 Å². The summed E-state index contributed by atoms with van der Waals surface area (Å²) in [6.07, 6.45) is 35.6. The number of fused-ring (bicyclic) bond motifs is 1. The number of nitrogens with zero attached hydrogens (tertiary/aromatic N) is 2. The normalized spacial score (nSPS) is 14.5. The van der Waals surface area contributed by atoms with Crippen LogP contribution in [0.4, 0.5) is 11.4 Å². The summed E-state index contributed by atoms with van der Waals surface area (Å²) in [5.74, 6) is 2.57. The SMILES string of the molecule is C#C/C=C\C=C/CN(c1ccc(C2=CCCC=C2)cc1)c1ccc(/C(C=C)=C/c2c(C)n(-c3cccc(C4=CCCC=C4)c3)c3ccccc23)cc1C. The summed E-state index contributed by atoms with van der Waals surface area (Å²) in [6, 6.07) is 33.3. The molecule has 53 heavy (non-hydrogen) atoms. The highest BCUT2D eigenvalue weighted by atomic mass is 15.1. The summed E-state index contributed by atoms with van der Waals surface area (Å²) in [4.78, 5) is 2.36. The van der Waals surface area contributed by atoms with Crippen molar-refractivity contribution in [2.24, 2.45) is 0 Å². The molecule has 0 saturated heterocycles. The maximum absolute atomic E-state index is 5.43. The van der Waals surface area contributed by atoms with E-state index in [0.717, 1.165) is 48.2 Å². The second-order valence-electron chi connectivity index (χ2n) is 13.6. The smallest absolute Gasteiger partial charge is 0.0537 e. The molecule has 2 aliphatic carbocycles. The van der Waals surface area contributed by atoms with E-state index in [4.69, 9.17) is 6.42 Å². The molecule has 2 aliphatic rings. The predicted octanol–water partition coefficient (Wildman–Crippen LogP) is 13.3. The maximum atomic E-state index is 5.43. The average Bonchev–Trinajstić information content (AvgIpc) is 3.49. The number of allylic oxidation sites excluding steroid dienone is 13. The van der Waals surface area contributed by atoms with Crippen molar-refractivity contribution in [2.45, 2.75) is 39.5 Å². The zero-order valence-electron chi connectivity index (χ0n) is 30.8. The van der Waals surface area contributed by atoms with Crippen molar-refractivity contribution in [2.75, 3.05) is 11.4 Å². The molecule has 0 amide bonds. The van der Waals surface area contributed by atoms with Crippen LogP contribution in [0.5, 0.6) is 0 Å². The van der Waals surface area contributed by atoms with Gasteiger partial charge in [0.05, 0.1) is 5.52 Å². The van der Waals surface area contributed by atoms with Crippen LogP contribution in [-0.2, 0) is 0 Å². The van der Waals surface area contributed by atoms with Crippen molar-refractivity contribution >= 4 is 45.1 Å². The summed E-state index contributed by atoms with van der Waals surface area (Å²) >= 11 is 0. The highest BCUT2D eigenvalue weighted by Crippen LogP contribution is 2.36. The molecule has 0 N–H and O–H groups in total. The third kappa shape index (κ3) is 7.67. The standard InChI is InChI=1S/C51H46N2/c1-5-7-8-9-18-34-52(46-31-28-43(29-32-46)41-20-12-10-13-21-41)50-33-30-45(35-38(50)3)40(6-2)37-49-39(4)53(51-27-17-16-26-48(49)51)47-25-19-24-44(36-47)42-22-14-11-15-23-42/h1,6-9,12,14,16-33,35-37H,2,10-11,13,15,34H2,3-4H3/b8-7-,18-9-,40-37+. The van der Waals surface area contributed by atoms with Crippen LogP contribution in [0.2, 0.25) is 0 Å². The summed E-state index contributed by atoms with van der Waals surface area (Å²) in [6.45, 7) is 9.41. The molecule has 0 atom stereocenters. The van der Waals surface area contributed by atoms with Gasteiger partial charge in [0.2, 0.25) is 0 Å². The van der Waals surface area contributed by atoms with Crippen LogP contribution in [0.1, 0.15) is 59.2 Å². The molecule has 0 spiro atoms. The van der Waals surface area contributed by atoms with Crippen LogP contribution in [0.25, 0.3) is 39.4 Å². The van der Waals surface area contributed by atoms with Gasteiger partial charge in [0.1, 0.15) is 0 Å². The van der Waals surface area contributed by atoms with Crippen molar-refractivity contribution < 1.29 is 0 Å². The van der Waals surface area contributed by atoms with E-state index in [9.17, 15) is 0 Å². The van der Waals surface area contributed by atoms with Gasteiger partial charge >= 0.3 is 0 Å². The van der Waals surface area contributed by atoms with Gasteiger partial charge in [0.15, 0.2) is 0 Å². The fraction of sp³-hybridized carbons (Fsp3) is 0.137. The predicted molar refractivity (Wildman–Crippen MR) is 231 cm³/mol. The van der Waals surface area contributed by atoms with Crippen molar-refractivity contribution in [3.8, 4) is 18.0 Å². The van der Waals surface area contributed by atoms with E-state index in [1.165, 1.54) is 55.7 Å². The number of para-hydroxylation sites is 1. The highest BCUT2D eigenvalue weighted by molar-refractivity contribution is 5.99. The number of rotatable bonds is 11. The lowest BCUT2D eigenvalue weighted by molar-refractivity contribution is 1.04. The van der Waals surface area contributed by atoms with Gasteiger partial charge in [-0.3, -0.25) is 0 Å². The molecule has 0 fully saturated rings. The largest absolute Gasteiger partial charge is 0.337 e. The Hall–Kier alpha value is -6.30. The first kappa shape index (κ1) is 35.1. The van der Waals surface area contributed by atoms with Crippen LogP contribution in [0.15, 0.2) is 164 Å². The van der Waals surface area contributed by atoms with Crippen molar-refractivity contribution in [3.63, 3.8) is 0 Å². The second-order valence-corrected chi connectivity index (χ2v) is 13.6. The van der Waals surface area contributed by atoms with E-state index < -0.39 is 0 Å². The zero-order valence-corrected chi connectivity index (χ0v) is 30.8. The first-order chi connectivity index (χ1) is 26.1. The molecule has 0 aliphatic heterocycles. The molecule has 0 bridgehead atoms. The Morgan fingerprint density at radius 3 is 2.26 bits per heavy atom. The van der Waals surface area contributed by atoms with Crippen LogP contribution >= 0.6 is 0 Å². The zero-order chi connectivity index (χ0) is 36.6. The number of hydrogen-bond acceptors (Lipinski definition) is 1. The molecule has 0 unspecified atom stereocenters. The number of aryl methyl sites for hydroxylation is 1. The molecule has 0 radical (unpaired) electrons. The fourth-order valence-electron chi connectivity index (χ4n) is 7.47. The first-order valence-electron chi connectivity index (χ1n) is 18.6. The molecular weight excluding hydrogens is 641 g/mol. The highest BCUT2D eigenvalue weighted by Gasteiger charge is 2.17. The van der Waals surface area contributed by atoms with Crippen LogP contribution in [0.3, 0.4) is 0 Å². The minimum absolute atomic E-state index is 0.703. The van der Waals surface area contributed by atoms with Crippen LogP contribution < -0.4 is 4.90 Å². The Labute approximate surface area is 315 Å². The summed E-state index contributed by atoms with van der Waals surface area (Å²) in [7, 11) is 0. The molecule has 2 heteroatoms. The number of hydrogen-bond donors (Lipinski definition) is 0. The third-order valence-electron chi connectivity index (χ3n) is 10.2. The molecular formula is C51H46N2. The average molecular weight is 687 g/mol. The molecule has 7 rings (SSSR count). The second kappa shape index (κ2) is 16.4. The molecule has 5 aromatic rings. The quantitative estimate of drug-likeness (QED) is 0.0992. The number of aromatic nitrogens is 1. The topological polar surface area (TPSA) is 8.17 Å². The molecule has 0 saturated carbocycles. The Kier molecular flexibility index (Phi) is 10.8. The van der Waals surface area contributed by atoms with Gasteiger partial charge in [0.25, 0.3) is 0 Å². The van der Waals surface area contributed by atoms with Gasteiger partial charge < -0.3 is 9.47 Å². The summed E-state index contributed by atoms with van der Waals surface area (Å²) in [5, 5.41) is 1.22. The van der Waals surface area contributed by atoms with Crippen molar-refractivity contribution in [1.29, 1.82) is 0 Å². The van der Waals surface area contributed by atoms with E-state index in [2.05, 4.69) is 175 Å². The fourth-order valence-corrected chi connectivity index (χ4v) is 7.47. The lowest BCUT2D eigenvalue weighted by Gasteiger charge is -2.26. The Bertz CT molecular complexity index is 2410. The van der Waals surface area contributed by atoms with E-state index >= 15 is 0 Å². The van der Waals surface area contributed by atoms with Gasteiger partial charge in [-0.25, -0.2) is 0 Å². The molecule has 1 aromatic heterocycles. The first-order valence-corrected chi connectivity index (χ1v) is 18.6. The third-order valence-corrected chi connectivity index (χ3v) is 10.2. The van der Waals surface area contributed by atoms with Crippen molar-refractivity contribution in [1.82, 2.24) is 4.57 Å². The summed E-state index contributed by atoms with van der Waals surface area (Å²) < 4.78 is 2.39. The number of anilines is 2. The monoisotopic (exact) mass is 686 g/mol. The van der Waals surface area contributed by atoms with Gasteiger partial charge in [-0.05, 0) is 133 Å². The Morgan fingerprint density at radius 1 is 0.811 bits per heavy atom. The minimum Gasteiger partial charge on any atom is -0.337 e. The molecule has 4 aromatic carbocycles. The Morgan fingerprint density at radius 2 is 1.57 bits per heavy atom. The van der Waals surface area contributed by atoms with Gasteiger partial charge in [-0.1, -0.05) is 122 Å². The van der Waals surface area contributed by atoms with E-state index in [1.54, 1.807) is 6.08 Å². The molecule has 260 valence electrons. The van der Waals surface area contributed by atoms with Gasteiger partial charge in [-0.2, -0.15) is 0 Å². The van der Waals surface area contributed by atoms with E-state index in [-0.39, 0.29) is 0 Å². The van der Waals surface area contributed by atoms with Gasteiger partial charge in [0, 0.05) is 40.3 Å². The number of terminal acetylenes is 1. The maximum Gasteiger partial charge on any atom is 0.0537 e.